The zero-order valence-electron chi connectivity index (χ0n) is 15.7. The van der Waals surface area contributed by atoms with Crippen LogP contribution in [0.3, 0.4) is 0 Å². The lowest BCUT2D eigenvalue weighted by molar-refractivity contribution is 0.0704. The molecule has 148 valence electrons. The minimum atomic E-state index is -0.472. The number of para-hydroxylation sites is 1. The number of likely N-dealkylation sites (tertiary alicyclic amines) is 1. The van der Waals surface area contributed by atoms with Gasteiger partial charge in [0.2, 0.25) is 5.88 Å². The monoisotopic (exact) mass is 393 g/mol. The van der Waals surface area contributed by atoms with E-state index in [-0.39, 0.29) is 23.5 Å². The molecule has 2 N–H and O–H groups in total. The van der Waals surface area contributed by atoms with Gasteiger partial charge in [-0.15, -0.1) is 0 Å². The number of nitrogen functional groups attached to an aromatic ring is 1. The van der Waals surface area contributed by atoms with E-state index in [9.17, 15) is 9.18 Å². The summed E-state index contributed by atoms with van der Waals surface area (Å²) < 4.78 is 19.7. The number of nitrogens with two attached hydrogens (primary N) is 1. The van der Waals surface area contributed by atoms with Gasteiger partial charge in [0.05, 0.1) is 5.56 Å². The Labute approximate surface area is 167 Å². The number of hydrogen-bond acceptors (Lipinski definition) is 6. The molecule has 3 aromatic rings. The molecular weight excluding hydrogens is 373 g/mol. The standard InChI is InChI=1S/C21H20FN5O2/c22-16-5-1-2-6-17(16)29-20-19(24-9-10-25-20)15-4-3-11-27(13-15)21(28)14-7-8-18(23)26-12-14/h1-2,5-10,12,15H,3-4,11,13H2,(H2,23,26). The van der Waals surface area contributed by atoms with Crippen molar-refractivity contribution in [2.45, 2.75) is 18.8 Å². The molecule has 1 aliphatic heterocycles. The number of halogens is 1. The lowest BCUT2D eigenvalue weighted by Gasteiger charge is -2.32. The Morgan fingerprint density at radius 3 is 2.76 bits per heavy atom. The first-order valence-electron chi connectivity index (χ1n) is 9.36. The zero-order chi connectivity index (χ0) is 20.2. The molecule has 29 heavy (non-hydrogen) atoms. The molecule has 1 fully saturated rings. The molecule has 0 aliphatic carbocycles. The first-order chi connectivity index (χ1) is 14.1. The number of pyridine rings is 1. The SMILES string of the molecule is Nc1ccc(C(=O)N2CCCC(c3nccnc3Oc3ccccc3F)C2)cn1. The van der Waals surface area contributed by atoms with E-state index in [0.717, 1.165) is 12.8 Å². The average Bonchev–Trinajstić information content (AvgIpc) is 2.76. The summed E-state index contributed by atoms with van der Waals surface area (Å²) in [6.45, 7) is 1.11. The maximum atomic E-state index is 14.0. The third-order valence-corrected chi connectivity index (χ3v) is 4.86. The Hall–Kier alpha value is -3.55. The minimum Gasteiger partial charge on any atom is -0.434 e. The van der Waals surface area contributed by atoms with Crippen LogP contribution in [0.2, 0.25) is 0 Å². The lowest BCUT2D eigenvalue weighted by atomic mass is 9.94. The summed E-state index contributed by atoms with van der Waals surface area (Å²) in [6.07, 6.45) is 6.21. The number of amides is 1. The molecule has 2 aromatic heterocycles. The summed E-state index contributed by atoms with van der Waals surface area (Å²) in [5.41, 5.74) is 6.70. The molecule has 1 unspecified atom stereocenters. The quantitative estimate of drug-likeness (QED) is 0.730. The second-order valence-corrected chi connectivity index (χ2v) is 6.84. The maximum absolute atomic E-state index is 14.0. The van der Waals surface area contributed by atoms with Crippen LogP contribution < -0.4 is 10.5 Å². The summed E-state index contributed by atoms with van der Waals surface area (Å²) in [5.74, 6) is 0.0672. The molecule has 1 amide bonds. The van der Waals surface area contributed by atoms with Gasteiger partial charge in [-0.2, -0.15) is 0 Å². The highest BCUT2D eigenvalue weighted by Gasteiger charge is 2.29. The van der Waals surface area contributed by atoms with Crippen LogP contribution in [0.1, 0.15) is 34.8 Å². The van der Waals surface area contributed by atoms with Crippen molar-refractivity contribution >= 4 is 11.7 Å². The molecule has 1 aromatic carbocycles. The highest BCUT2D eigenvalue weighted by atomic mass is 19.1. The number of anilines is 1. The molecule has 7 nitrogen and oxygen atoms in total. The Kier molecular flexibility index (Phi) is 5.33. The number of ether oxygens (including phenoxy) is 1. The molecule has 0 spiro atoms. The first-order valence-corrected chi connectivity index (χ1v) is 9.36. The topological polar surface area (TPSA) is 94.2 Å². The van der Waals surface area contributed by atoms with Crippen molar-refractivity contribution in [3.05, 3.63) is 72.1 Å². The highest BCUT2D eigenvalue weighted by molar-refractivity contribution is 5.94. The molecule has 0 bridgehead atoms. The largest absolute Gasteiger partial charge is 0.434 e. The number of rotatable bonds is 4. The van der Waals surface area contributed by atoms with Gasteiger partial charge in [0.1, 0.15) is 11.5 Å². The number of hydrogen-bond donors (Lipinski definition) is 1. The van der Waals surface area contributed by atoms with Crippen LogP contribution >= 0.6 is 0 Å². The second kappa shape index (κ2) is 8.22. The summed E-state index contributed by atoms with van der Waals surface area (Å²) >= 11 is 0. The molecular formula is C21H20FN5O2. The average molecular weight is 393 g/mol. The number of aromatic nitrogens is 3. The van der Waals surface area contributed by atoms with Gasteiger partial charge >= 0.3 is 0 Å². The molecule has 1 saturated heterocycles. The van der Waals surface area contributed by atoms with E-state index in [4.69, 9.17) is 10.5 Å². The second-order valence-electron chi connectivity index (χ2n) is 6.84. The van der Waals surface area contributed by atoms with Crippen molar-refractivity contribution in [1.82, 2.24) is 19.9 Å². The van der Waals surface area contributed by atoms with E-state index in [0.29, 0.717) is 30.2 Å². The Morgan fingerprint density at radius 1 is 1.14 bits per heavy atom. The van der Waals surface area contributed by atoms with Crippen molar-refractivity contribution in [2.75, 3.05) is 18.8 Å². The third kappa shape index (κ3) is 4.16. The maximum Gasteiger partial charge on any atom is 0.255 e. The Bertz CT molecular complexity index is 1010. The summed E-state index contributed by atoms with van der Waals surface area (Å²) in [7, 11) is 0. The van der Waals surface area contributed by atoms with Gasteiger partial charge in [0, 0.05) is 37.6 Å². The summed E-state index contributed by atoms with van der Waals surface area (Å²) in [6, 6.07) is 9.43. The number of piperidine rings is 1. The fourth-order valence-corrected chi connectivity index (χ4v) is 3.43. The van der Waals surface area contributed by atoms with Crippen molar-refractivity contribution in [2.24, 2.45) is 0 Å². The third-order valence-electron chi connectivity index (χ3n) is 4.86. The number of benzene rings is 1. The van der Waals surface area contributed by atoms with Crippen LogP contribution in [0.15, 0.2) is 55.0 Å². The molecule has 1 atom stereocenters. The van der Waals surface area contributed by atoms with Crippen LogP contribution in [0.5, 0.6) is 11.6 Å². The Morgan fingerprint density at radius 2 is 1.97 bits per heavy atom. The van der Waals surface area contributed by atoms with Gasteiger partial charge in [-0.25, -0.2) is 14.4 Å². The van der Waals surface area contributed by atoms with Gasteiger partial charge in [-0.05, 0) is 37.1 Å². The summed E-state index contributed by atoms with van der Waals surface area (Å²) in [5, 5.41) is 0. The molecule has 4 rings (SSSR count). The highest BCUT2D eigenvalue weighted by Crippen LogP contribution is 2.33. The smallest absolute Gasteiger partial charge is 0.255 e. The van der Waals surface area contributed by atoms with Crippen LogP contribution in [-0.4, -0.2) is 38.8 Å². The number of nitrogens with zero attached hydrogens (tertiary/aromatic N) is 4. The molecule has 0 radical (unpaired) electrons. The van der Waals surface area contributed by atoms with Crippen molar-refractivity contribution in [3.8, 4) is 11.6 Å². The van der Waals surface area contributed by atoms with Gasteiger partial charge in [0.15, 0.2) is 11.6 Å². The minimum absolute atomic E-state index is 0.0649. The van der Waals surface area contributed by atoms with Gasteiger partial charge in [-0.3, -0.25) is 9.78 Å². The van der Waals surface area contributed by atoms with Crippen LogP contribution in [0.4, 0.5) is 10.2 Å². The predicted molar refractivity (Wildman–Crippen MR) is 105 cm³/mol. The van der Waals surface area contributed by atoms with E-state index < -0.39 is 5.82 Å². The molecule has 3 heterocycles. The Balaban J connectivity index is 1.55. The zero-order valence-corrected chi connectivity index (χ0v) is 15.7. The van der Waals surface area contributed by atoms with E-state index in [2.05, 4.69) is 15.0 Å². The van der Waals surface area contributed by atoms with E-state index in [1.165, 1.54) is 18.5 Å². The van der Waals surface area contributed by atoms with Gasteiger partial charge in [0.25, 0.3) is 5.91 Å². The number of carbonyl (C=O) groups is 1. The normalized spacial score (nSPS) is 16.4. The fraction of sp³-hybridized carbons (Fsp3) is 0.238. The number of carbonyl (C=O) groups excluding carboxylic acids is 1. The predicted octanol–water partition coefficient (Wildman–Crippen LogP) is 3.41. The molecule has 1 aliphatic rings. The summed E-state index contributed by atoms with van der Waals surface area (Å²) in [4.78, 5) is 27.3. The van der Waals surface area contributed by atoms with E-state index in [1.54, 1.807) is 41.4 Å². The lowest BCUT2D eigenvalue weighted by Crippen LogP contribution is -2.39. The van der Waals surface area contributed by atoms with Gasteiger partial charge < -0.3 is 15.4 Å². The molecule has 0 saturated carbocycles. The molecule has 8 heteroatoms. The van der Waals surface area contributed by atoms with Crippen LogP contribution in [-0.2, 0) is 0 Å². The van der Waals surface area contributed by atoms with Crippen LogP contribution in [0.25, 0.3) is 0 Å². The fourth-order valence-electron chi connectivity index (χ4n) is 3.43. The van der Waals surface area contributed by atoms with E-state index in [1.807, 2.05) is 0 Å². The van der Waals surface area contributed by atoms with E-state index >= 15 is 0 Å². The van der Waals surface area contributed by atoms with Crippen molar-refractivity contribution in [1.29, 1.82) is 0 Å². The van der Waals surface area contributed by atoms with Crippen LogP contribution in [0, 0.1) is 5.82 Å². The first kappa shape index (κ1) is 18.8. The van der Waals surface area contributed by atoms with Crippen molar-refractivity contribution in [3.63, 3.8) is 0 Å². The van der Waals surface area contributed by atoms with Gasteiger partial charge in [-0.1, -0.05) is 12.1 Å². The van der Waals surface area contributed by atoms with Crippen molar-refractivity contribution < 1.29 is 13.9 Å².